The Morgan fingerprint density at radius 2 is 1.61 bits per heavy atom. The number of fused-ring (bicyclic) bond motifs is 2. The fourth-order valence-corrected chi connectivity index (χ4v) is 5.97. The molecule has 0 bridgehead atoms. The molecule has 4 rings (SSSR count). The zero-order valence-corrected chi connectivity index (χ0v) is 26.2. The van der Waals surface area contributed by atoms with Crippen LogP contribution in [0.25, 0.3) is 10.1 Å². The number of carboxylic acid groups (broad SMARTS) is 2. The number of thiophene rings is 1. The smallest absolute Gasteiger partial charge is 0.306 e. The molecule has 0 unspecified atom stereocenters. The second kappa shape index (κ2) is 14.1. The van der Waals surface area contributed by atoms with Crippen molar-refractivity contribution in [2.24, 2.45) is 11.8 Å². The number of rotatable bonds is 15. The standard InChI is InChI=1S/C30H33ClN2O10S/c1-15(29(36)37)8-20(34)24-11-18-23(44-24)12-21(40-3)27(26(18)31)42-6-5-7-43-28-22(41-4)10-17-13-33(14-19(17)32-28)25(35)9-16(2)30(38)39/h10-12,15-16H,5-9,13-14H2,1-4H3,(H,36,37)(H,38,39)/t15-,16-/m0/s1. The summed E-state index contributed by atoms with van der Waals surface area (Å²) in [5.41, 5.74) is 1.46. The van der Waals surface area contributed by atoms with Crippen LogP contribution < -0.4 is 18.9 Å². The van der Waals surface area contributed by atoms with Gasteiger partial charge in [-0.25, -0.2) is 4.98 Å². The summed E-state index contributed by atoms with van der Waals surface area (Å²) in [6.45, 7) is 3.98. The number of aliphatic carboxylic acids is 2. The Labute approximate surface area is 262 Å². The number of aromatic nitrogens is 1. The Morgan fingerprint density at radius 3 is 2.27 bits per heavy atom. The minimum absolute atomic E-state index is 0.0939. The number of benzene rings is 1. The fraction of sp³-hybridized carbons (Fsp3) is 0.433. The zero-order valence-electron chi connectivity index (χ0n) is 24.7. The molecule has 0 saturated heterocycles. The topological polar surface area (TPSA) is 162 Å². The third-order valence-corrected chi connectivity index (χ3v) is 8.66. The second-order valence-corrected chi connectivity index (χ2v) is 11.9. The van der Waals surface area contributed by atoms with E-state index >= 15 is 0 Å². The summed E-state index contributed by atoms with van der Waals surface area (Å²) in [4.78, 5) is 54.0. The van der Waals surface area contributed by atoms with E-state index in [1.54, 1.807) is 23.1 Å². The van der Waals surface area contributed by atoms with Crippen molar-refractivity contribution in [1.82, 2.24) is 9.88 Å². The van der Waals surface area contributed by atoms with Gasteiger partial charge in [-0.3, -0.25) is 19.2 Å². The lowest BCUT2D eigenvalue weighted by molar-refractivity contribution is -0.145. The van der Waals surface area contributed by atoms with E-state index < -0.39 is 23.8 Å². The lowest BCUT2D eigenvalue weighted by atomic mass is 10.0. The number of amides is 1. The SMILES string of the molecule is COc1cc2c(nc1OCCCOc1c(OC)cc3sc(C(=O)C[C@H](C)C(=O)O)cc3c1Cl)CN(C(=O)C[C@H](C)C(=O)O)C2. The normalized spacial score (nSPS) is 13.7. The van der Waals surface area contributed by atoms with Gasteiger partial charge >= 0.3 is 11.9 Å². The molecule has 1 aromatic carbocycles. The molecule has 3 heterocycles. The van der Waals surface area contributed by atoms with E-state index in [1.165, 1.54) is 39.4 Å². The van der Waals surface area contributed by atoms with E-state index in [9.17, 15) is 19.2 Å². The van der Waals surface area contributed by atoms with Crippen molar-refractivity contribution in [2.45, 2.75) is 46.2 Å². The first-order chi connectivity index (χ1) is 20.9. The van der Waals surface area contributed by atoms with Crippen LogP contribution in [0.5, 0.6) is 23.1 Å². The van der Waals surface area contributed by atoms with Crippen LogP contribution in [0.4, 0.5) is 0 Å². The molecule has 1 amide bonds. The van der Waals surface area contributed by atoms with Crippen molar-refractivity contribution >= 4 is 56.7 Å². The summed E-state index contributed by atoms with van der Waals surface area (Å²) in [5, 5.41) is 19.1. The number of hydrogen-bond acceptors (Lipinski definition) is 10. The molecule has 44 heavy (non-hydrogen) atoms. The average Bonchev–Trinajstić information content (AvgIpc) is 3.61. The number of ketones is 1. The van der Waals surface area contributed by atoms with E-state index in [0.717, 1.165) is 5.56 Å². The monoisotopic (exact) mass is 648 g/mol. The highest BCUT2D eigenvalue weighted by molar-refractivity contribution is 7.21. The van der Waals surface area contributed by atoms with Gasteiger partial charge in [0.25, 0.3) is 5.88 Å². The third kappa shape index (κ3) is 7.33. The first-order valence-corrected chi connectivity index (χ1v) is 15.0. The van der Waals surface area contributed by atoms with Gasteiger partial charge in [-0.05, 0) is 17.7 Å². The van der Waals surface area contributed by atoms with Crippen LogP contribution in [0.2, 0.25) is 5.02 Å². The van der Waals surface area contributed by atoms with Crippen molar-refractivity contribution in [3.63, 3.8) is 0 Å². The Kier molecular flexibility index (Phi) is 10.5. The predicted octanol–water partition coefficient (Wildman–Crippen LogP) is 5.06. The molecule has 0 radical (unpaired) electrons. The maximum Gasteiger partial charge on any atom is 0.306 e. The summed E-state index contributed by atoms with van der Waals surface area (Å²) in [5.74, 6) is -2.80. The molecule has 1 aliphatic rings. The molecule has 12 nitrogen and oxygen atoms in total. The van der Waals surface area contributed by atoms with Crippen molar-refractivity contribution in [2.75, 3.05) is 27.4 Å². The molecule has 3 aromatic rings. The van der Waals surface area contributed by atoms with Crippen molar-refractivity contribution in [3.05, 3.63) is 39.4 Å². The summed E-state index contributed by atoms with van der Waals surface area (Å²) in [6, 6.07) is 5.14. The average molecular weight is 649 g/mol. The molecule has 2 aromatic heterocycles. The number of halogens is 1. The van der Waals surface area contributed by atoms with Crippen molar-refractivity contribution < 1.29 is 48.3 Å². The third-order valence-electron chi connectivity index (χ3n) is 7.16. The highest BCUT2D eigenvalue weighted by Gasteiger charge is 2.29. The van der Waals surface area contributed by atoms with Gasteiger partial charge in [-0.15, -0.1) is 11.3 Å². The summed E-state index contributed by atoms with van der Waals surface area (Å²) in [7, 11) is 2.97. The van der Waals surface area contributed by atoms with Crippen LogP contribution in [0, 0.1) is 11.8 Å². The van der Waals surface area contributed by atoms with Gasteiger partial charge in [0.1, 0.15) is 0 Å². The molecule has 14 heteroatoms. The summed E-state index contributed by atoms with van der Waals surface area (Å²) in [6.07, 6.45) is 0.230. The lowest BCUT2D eigenvalue weighted by Gasteiger charge is -2.16. The number of methoxy groups -OCH3 is 2. The van der Waals surface area contributed by atoms with E-state index in [0.29, 0.717) is 50.9 Å². The van der Waals surface area contributed by atoms with Gasteiger partial charge in [-0.2, -0.15) is 0 Å². The van der Waals surface area contributed by atoms with Crippen LogP contribution in [0.15, 0.2) is 18.2 Å². The van der Waals surface area contributed by atoms with Crippen LogP contribution in [-0.2, 0) is 27.5 Å². The molecule has 0 fully saturated rings. The minimum Gasteiger partial charge on any atom is -0.493 e. The highest BCUT2D eigenvalue weighted by atomic mass is 35.5. The van der Waals surface area contributed by atoms with Gasteiger partial charge in [0.15, 0.2) is 23.0 Å². The van der Waals surface area contributed by atoms with Crippen LogP contribution in [0.3, 0.4) is 0 Å². The van der Waals surface area contributed by atoms with Crippen molar-refractivity contribution in [1.29, 1.82) is 0 Å². The Hall–Kier alpha value is -4.10. The van der Waals surface area contributed by atoms with Crippen molar-refractivity contribution in [3.8, 4) is 23.1 Å². The van der Waals surface area contributed by atoms with Gasteiger partial charge in [0.05, 0.1) is 61.4 Å². The molecule has 2 atom stereocenters. The van der Waals surface area contributed by atoms with E-state index in [1.807, 2.05) is 0 Å². The van der Waals surface area contributed by atoms with E-state index in [4.69, 9.17) is 40.8 Å². The molecule has 1 aliphatic heterocycles. The quantitative estimate of drug-likeness (QED) is 0.167. The second-order valence-electron chi connectivity index (χ2n) is 10.5. The summed E-state index contributed by atoms with van der Waals surface area (Å²) < 4.78 is 23.5. The van der Waals surface area contributed by atoms with Crippen LogP contribution in [-0.4, -0.2) is 71.2 Å². The van der Waals surface area contributed by atoms with Gasteiger partial charge < -0.3 is 34.1 Å². The number of carbonyl (C=O) groups is 4. The van der Waals surface area contributed by atoms with E-state index in [-0.39, 0.29) is 55.2 Å². The molecular formula is C30H33ClN2O10S. The van der Waals surface area contributed by atoms with Crippen LogP contribution >= 0.6 is 22.9 Å². The molecule has 0 spiro atoms. The Bertz CT molecular complexity index is 1590. The Morgan fingerprint density at radius 1 is 0.955 bits per heavy atom. The first-order valence-electron chi connectivity index (χ1n) is 13.8. The maximum atomic E-state index is 12.6. The van der Waals surface area contributed by atoms with Gasteiger partial charge in [-0.1, -0.05) is 25.4 Å². The number of carboxylic acids is 2. The molecule has 0 aliphatic carbocycles. The Balaban J connectivity index is 1.37. The minimum atomic E-state index is -1.04. The van der Waals surface area contributed by atoms with Gasteiger partial charge in [0, 0.05) is 42.0 Å². The predicted molar refractivity (Wildman–Crippen MR) is 161 cm³/mol. The number of nitrogens with zero attached hydrogens (tertiary/aromatic N) is 2. The molecule has 2 N–H and O–H groups in total. The highest BCUT2D eigenvalue weighted by Crippen LogP contribution is 2.44. The molecular weight excluding hydrogens is 616 g/mol. The fourth-order valence-electron chi connectivity index (χ4n) is 4.56. The van der Waals surface area contributed by atoms with E-state index in [2.05, 4.69) is 4.98 Å². The molecule has 0 saturated carbocycles. The molecule has 236 valence electrons. The number of hydrogen-bond donors (Lipinski definition) is 2. The van der Waals surface area contributed by atoms with Gasteiger partial charge in [0.2, 0.25) is 5.91 Å². The first kappa shape index (κ1) is 32.8. The number of pyridine rings is 1. The maximum absolute atomic E-state index is 12.6. The number of ether oxygens (including phenoxy) is 4. The largest absolute Gasteiger partial charge is 0.493 e. The zero-order chi connectivity index (χ0) is 32.1. The van der Waals surface area contributed by atoms with Crippen LogP contribution in [0.1, 0.15) is 54.0 Å². The lowest BCUT2D eigenvalue weighted by Crippen LogP contribution is -2.28. The summed E-state index contributed by atoms with van der Waals surface area (Å²) >= 11 is 7.87. The number of Topliss-reactive ketones (excluding diaryl/α,β-unsaturated/α-hetero) is 1. The number of carbonyl (C=O) groups excluding carboxylic acids is 2.